The molecule has 2 fully saturated rings. The molecule has 4 heteroatoms. The van der Waals surface area contributed by atoms with Crippen LogP contribution < -0.4 is 10.6 Å². The third kappa shape index (κ3) is 1.59. The fourth-order valence-corrected chi connectivity index (χ4v) is 1.73. The maximum absolute atomic E-state index is 10.9. The molecular formula is C8H14N2O2. The summed E-state index contributed by atoms with van der Waals surface area (Å²) in [6.45, 7) is 1.27. The summed E-state index contributed by atoms with van der Waals surface area (Å²) in [5.74, 6) is 0.0779. The molecule has 0 aliphatic carbocycles. The maximum Gasteiger partial charge on any atom is 0.235 e. The van der Waals surface area contributed by atoms with E-state index < -0.39 is 0 Å². The number of ether oxygens (including phenoxy) is 1. The van der Waals surface area contributed by atoms with E-state index in [1.54, 1.807) is 0 Å². The van der Waals surface area contributed by atoms with Gasteiger partial charge in [0.2, 0.25) is 5.91 Å². The Bertz CT molecular complexity index is 178. The summed E-state index contributed by atoms with van der Waals surface area (Å²) < 4.78 is 5.53. The van der Waals surface area contributed by atoms with Crippen molar-refractivity contribution in [2.75, 3.05) is 13.2 Å². The number of hydrogen-bond acceptors (Lipinski definition) is 3. The number of nitrogens with one attached hydrogen (secondary N) is 2. The van der Waals surface area contributed by atoms with E-state index in [4.69, 9.17) is 4.74 Å². The van der Waals surface area contributed by atoms with Gasteiger partial charge in [-0.3, -0.25) is 10.1 Å². The first-order valence-corrected chi connectivity index (χ1v) is 4.50. The van der Waals surface area contributed by atoms with Gasteiger partial charge in [-0.1, -0.05) is 0 Å². The number of rotatable bonds is 1. The predicted molar refractivity (Wildman–Crippen MR) is 43.5 cm³/mol. The van der Waals surface area contributed by atoms with Gasteiger partial charge in [-0.25, -0.2) is 0 Å². The van der Waals surface area contributed by atoms with Crippen LogP contribution in [0.3, 0.4) is 0 Å². The highest BCUT2D eigenvalue weighted by molar-refractivity contribution is 5.80. The second-order valence-corrected chi connectivity index (χ2v) is 3.33. The lowest BCUT2D eigenvalue weighted by Gasteiger charge is -2.27. The second kappa shape index (κ2) is 3.41. The van der Waals surface area contributed by atoms with Gasteiger partial charge in [0.15, 0.2) is 0 Å². The van der Waals surface area contributed by atoms with Crippen LogP contribution in [-0.2, 0) is 9.53 Å². The molecule has 2 aliphatic rings. The zero-order valence-electron chi connectivity index (χ0n) is 7.01. The van der Waals surface area contributed by atoms with Crippen molar-refractivity contribution in [1.29, 1.82) is 0 Å². The highest BCUT2D eigenvalue weighted by Gasteiger charge is 2.29. The van der Waals surface area contributed by atoms with Crippen LogP contribution in [-0.4, -0.2) is 31.3 Å². The van der Waals surface area contributed by atoms with Gasteiger partial charge in [0, 0.05) is 6.61 Å². The minimum Gasteiger partial charge on any atom is -0.375 e. The van der Waals surface area contributed by atoms with Gasteiger partial charge in [-0.2, -0.15) is 0 Å². The fourth-order valence-electron chi connectivity index (χ4n) is 1.73. The molecule has 2 N–H and O–H groups in total. The molecule has 12 heavy (non-hydrogen) atoms. The van der Waals surface area contributed by atoms with Gasteiger partial charge in [0.25, 0.3) is 0 Å². The summed E-state index contributed by atoms with van der Waals surface area (Å²) in [4.78, 5) is 10.9. The minimum absolute atomic E-state index is 0.0535. The Labute approximate surface area is 71.7 Å². The number of carbonyl (C=O) groups is 1. The van der Waals surface area contributed by atoms with Crippen LogP contribution in [0.25, 0.3) is 0 Å². The molecule has 1 amide bonds. The molecule has 2 unspecified atom stereocenters. The van der Waals surface area contributed by atoms with Gasteiger partial charge in [-0.15, -0.1) is 0 Å². The molecular weight excluding hydrogens is 156 g/mol. The normalized spacial score (nSPS) is 36.5. The monoisotopic (exact) mass is 170 g/mol. The van der Waals surface area contributed by atoms with Crippen molar-refractivity contribution < 1.29 is 9.53 Å². The van der Waals surface area contributed by atoms with Crippen LogP contribution in [0.5, 0.6) is 0 Å². The third-order valence-corrected chi connectivity index (χ3v) is 2.39. The summed E-state index contributed by atoms with van der Waals surface area (Å²) in [5, 5.41) is 5.94. The van der Waals surface area contributed by atoms with E-state index in [1.807, 2.05) is 0 Å². The van der Waals surface area contributed by atoms with Crippen molar-refractivity contribution >= 4 is 5.91 Å². The molecule has 2 atom stereocenters. The van der Waals surface area contributed by atoms with Crippen LogP contribution >= 0.6 is 0 Å². The van der Waals surface area contributed by atoms with Gasteiger partial charge < -0.3 is 10.1 Å². The molecule has 0 aromatic carbocycles. The fraction of sp³-hybridized carbons (Fsp3) is 0.875. The highest BCUT2D eigenvalue weighted by Crippen LogP contribution is 2.15. The van der Waals surface area contributed by atoms with E-state index in [0.29, 0.717) is 6.54 Å². The zero-order valence-corrected chi connectivity index (χ0v) is 7.01. The Morgan fingerprint density at radius 2 is 2.33 bits per heavy atom. The first-order chi connectivity index (χ1) is 5.86. The average Bonchev–Trinajstić information content (AvgIpc) is 2.54. The zero-order chi connectivity index (χ0) is 8.39. The molecule has 68 valence electrons. The minimum atomic E-state index is 0.0535. The molecule has 2 heterocycles. The van der Waals surface area contributed by atoms with E-state index >= 15 is 0 Å². The molecule has 0 spiro atoms. The number of carbonyl (C=O) groups excluding carboxylic acids is 1. The van der Waals surface area contributed by atoms with Gasteiger partial charge in [-0.05, 0) is 19.3 Å². The Morgan fingerprint density at radius 1 is 1.42 bits per heavy atom. The van der Waals surface area contributed by atoms with E-state index in [9.17, 15) is 4.79 Å². The third-order valence-electron chi connectivity index (χ3n) is 2.39. The molecule has 0 aromatic rings. The summed E-state index contributed by atoms with van der Waals surface area (Å²) in [6.07, 6.45) is 3.65. The molecule has 0 saturated carbocycles. The largest absolute Gasteiger partial charge is 0.375 e. The van der Waals surface area contributed by atoms with Crippen molar-refractivity contribution in [3.63, 3.8) is 0 Å². The first kappa shape index (κ1) is 8.01. The highest BCUT2D eigenvalue weighted by atomic mass is 16.5. The lowest BCUT2D eigenvalue weighted by Crippen LogP contribution is -2.46. The van der Waals surface area contributed by atoms with E-state index in [-0.39, 0.29) is 18.2 Å². The smallest absolute Gasteiger partial charge is 0.235 e. The standard InChI is InChI=1S/C8H14N2O2/c11-7-5-9-8(10-7)6-3-1-2-4-12-6/h6,8-9H,1-5H2,(H,10,11). The van der Waals surface area contributed by atoms with Crippen LogP contribution in [0.2, 0.25) is 0 Å². The van der Waals surface area contributed by atoms with Crippen molar-refractivity contribution in [2.45, 2.75) is 31.5 Å². The van der Waals surface area contributed by atoms with Crippen LogP contribution in [0.15, 0.2) is 0 Å². The molecule has 0 radical (unpaired) electrons. The van der Waals surface area contributed by atoms with Crippen LogP contribution in [0.4, 0.5) is 0 Å². The van der Waals surface area contributed by atoms with E-state index in [1.165, 1.54) is 6.42 Å². The summed E-state index contributed by atoms with van der Waals surface area (Å²) in [6, 6.07) is 0. The topological polar surface area (TPSA) is 50.4 Å². The molecule has 2 saturated heterocycles. The quantitative estimate of drug-likeness (QED) is 0.563. The molecule has 0 bridgehead atoms. The molecule has 4 nitrogen and oxygen atoms in total. The predicted octanol–water partition coefficient (Wildman–Crippen LogP) is -0.399. The summed E-state index contributed by atoms with van der Waals surface area (Å²) >= 11 is 0. The Morgan fingerprint density at radius 3 is 2.92 bits per heavy atom. The van der Waals surface area contributed by atoms with Gasteiger partial charge >= 0.3 is 0 Å². The summed E-state index contributed by atoms with van der Waals surface area (Å²) in [7, 11) is 0. The maximum atomic E-state index is 10.9. The average molecular weight is 170 g/mol. The summed E-state index contributed by atoms with van der Waals surface area (Å²) in [5.41, 5.74) is 0. The molecule has 2 rings (SSSR count). The van der Waals surface area contributed by atoms with E-state index in [2.05, 4.69) is 10.6 Å². The molecule has 0 aromatic heterocycles. The van der Waals surface area contributed by atoms with E-state index in [0.717, 1.165) is 19.4 Å². The van der Waals surface area contributed by atoms with Gasteiger partial charge in [0.05, 0.1) is 12.6 Å². The SMILES string of the molecule is O=C1CNC(C2CCCCO2)N1. The molecule has 2 aliphatic heterocycles. The Kier molecular flexibility index (Phi) is 2.28. The Balaban J connectivity index is 1.86. The number of amides is 1. The van der Waals surface area contributed by atoms with Crippen molar-refractivity contribution in [1.82, 2.24) is 10.6 Å². The lowest BCUT2D eigenvalue weighted by molar-refractivity contribution is -0.119. The lowest BCUT2D eigenvalue weighted by atomic mass is 10.1. The second-order valence-electron chi connectivity index (χ2n) is 3.33. The first-order valence-electron chi connectivity index (χ1n) is 4.50. The van der Waals surface area contributed by atoms with Crippen LogP contribution in [0, 0.1) is 0 Å². The van der Waals surface area contributed by atoms with Crippen molar-refractivity contribution in [2.24, 2.45) is 0 Å². The Hall–Kier alpha value is -0.610. The van der Waals surface area contributed by atoms with Gasteiger partial charge in [0.1, 0.15) is 6.17 Å². The van der Waals surface area contributed by atoms with Crippen molar-refractivity contribution in [3.8, 4) is 0 Å². The number of hydrogen-bond donors (Lipinski definition) is 2. The van der Waals surface area contributed by atoms with Crippen LogP contribution in [0.1, 0.15) is 19.3 Å². The van der Waals surface area contributed by atoms with Crippen molar-refractivity contribution in [3.05, 3.63) is 0 Å².